The van der Waals surface area contributed by atoms with Gasteiger partial charge in [-0.25, -0.2) is 0 Å². The zero-order valence-electron chi connectivity index (χ0n) is 11.9. The van der Waals surface area contributed by atoms with E-state index in [1.165, 1.54) is 6.42 Å². The Morgan fingerprint density at radius 1 is 1.50 bits per heavy atom. The molecule has 1 saturated heterocycles. The minimum atomic E-state index is 0.103. The number of likely N-dealkylation sites (N-methyl/N-ethyl adjacent to an activating group) is 1. The second-order valence-electron chi connectivity index (χ2n) is 5.35. The molecule has 0 aromatic carbocycles. The highest BCUT2D eigenvalue weighted by Gasteiger charge is 2.21. The Kier molecular flexibility index (Phi) is 6.60. The third-order valence-electron chi connectivity index (χ3n) is 3.58. The second-order valence-corrected chi connectivity index (χ2v) is 5.35. The fourth-order valence-electron chi connectivity index (χ4n) is 2.19. The number of rotatable bonds is 7. The van der Waals surface area contributed by atoms with Crippen LogP contribution in [0.15, 0.2) is 0 Å². The molecule has 1 amide bonds. The van der Waals surface area contributed by atoms with Crippen LogP contribution in [0.4, 0.5) is 0 Å². The molecule has 2 N–H and O–H groups in total. The zero-order valence-corrected chi connectivity index (χ0v) is 11.9. The van der Waals surface area contributed by atoms with Crippen LogP contribution in [0, 0.1) is 0 Å². The van der Waals surface area contributed by atoms with Crippen molar-refractivity contribution in [2.75, 3.05) is 39.8 Å². The Bertz CT molecular complexity index is 253. The van der Waals surface area contributed by atoms with Crippen LogP contribution in [0.5, 0.6) is 0 Å². The monoisotopic (exact) mass is 257 g/mol. The molecule has 0 aromatic heterocycles. The molecule has 1 aliphatic rings. The number of amides is 1. The van der Waals surface area contributed by atoms with Gasteiger partial charge in [0.15, 0.2) is 0 Å². The van der Waals surface area contributed by atoms with E-state index in [2.05, 4.69) is 5.32 Å². The Balaban J connectivity index is 2.43. The highest BCUT2D eigenvalue weighted by atomic mass is 16.3. The number of carbonyl (C=O) groups is 1. The molecule has 0 spiro atoms. The lowest BCUT2D eigenvalue weighted by atomic mass is 10.2. The molecule has 1 fully saturated rings. The van der Waals surface area contributed by atoms with Gasteiger partial charge in [-0.15, -0.1) is 0 Å². The van der Waals surface area contributed by atoms with Gasteiger partial charge in [-0.1, -0.05) is 0 Å². The predicted molar refractivity (Wildman–Crippen MR) is 72.5 cm³/mol. The summed E-state index contributed by atoms with van der Waals surface area (Å²) in [4.78, 5) is 15.8. The van der Waals surface area contributed by atoms with Gasteiger partial charge in [0.05, 0.1) is 13.2 Å². The Morgan fingerprint density at radius 2 is 2.22 bits per heavy atom. The number of hydrogen-bond acceptors (Lipinski definition) is 4. The van der Waals surface area contributed by atoms with E-state index in [9.17, 15) is 4.79 Å². The van der Waals surface area contributed by atoms with Crippen molar-refractivity contribution in [1.29, 1.82) is 0 Å². The number of hydrogen-bond donors (Lipinski definition) is 2. The van der Waals surface area contributed by atoms with Crippen molar-refractivity contribution in [3.05, 3.63) is 0 Å². The summed E-state index contributed by atoms with van der Waals surface area (Å²) in [5.41, 5.74) is 0. The fraction of sp³-hybridized carbons (Fsp3) is 0.923. The van der Waals surface area contributed by atoms with Crippen LogP contribution in [0.25, 0.3) is 0 Å². The molecule has 1 aliphatic heterocycles. The Labute approximate surface area is 110 Å². The van der Waals surface area contributed by atoms with Gasteiger partial charge in [-0.05, 0) is 33.2 Å². The first-order chi connectivity index (χ1) is 8.54. The van der Waals surface area contributed by atoms with Crippen LogP contribution < -0.4 is 5.32 Å². The molecule has 1 atom stereocenters. The highest BCUT2D eigenvalue weighted by molar-refractivity contribution is 5.78. The largest absolute Gasteiger partial charge is 0.395 e. The van der Waals surface area contributed by atoms with Crippen LogP contribution in [-0.2, 0) is 4.79 Å². The van der Waals surface area contributed by atoms with Crippen molar-refractivity contribution in [3.8, 4) is 0 Å². The maximum absolute atomic E-state index is 12.0. The molecule has 0 radical (unpaired) electrons. The first kappa shape index (κ1) is 15.4. The number of aliphatic hydroxyl groups is 1. The summed E-state index contributed by atoms with van der Waals surface area (Å²) in [6.45, 7) is 6.99. The lowest BCUT2D eigenvalue weighted by Gasteiger charge is -2.28. The van der Waals surface area contributed by atoms with E-state index >= 15 is 0 Å². The summed E-state index contributed by atoms with van der Waals surface area (Å²) < 4.78 is 0. The van der Waals surface area contributed by atoms with Crippen LogP contribution >= 0.6 is 0 Å². The average Bonchev–Trinajstić information content (AvgIpc) is 2.80. The molecule has 1 heterocycles. The van der Waals surface area contributed by atoms with Crippen LogP contribution in [0.3, 0.4) is 0 Å². The number of carbonyl (C=O) groups excluding carboxylic acids is 1. The summed E-state index contributed by atoms with van der Waals surface area (Å²) in [7, 11) is 1.83. The van der Waals surface area contributed by atoms with Crippen molar-refractivity contribution >= 4 is 5.91 Å². The van der Waals surface area contributed by atoms with Gasteiger partial charge in [0.25, 0.3) is 0 Å². The van der Waals surface area contributed by atoms with E-state index < -0.39 is 0 Å². The molecule has 1 unspecified atom stereocenters. The number of aliphatic hydroxyl groups excluding tert-OH is 1. The summed E-state index contributed by atoms with van der Waals surface area (Å²) >= 11 is 0. The van der Waals surface area contributed by atoms with Gasteiger partial charge in [-0.2, -0.15) is 0 Å². The molecule has 0 saturated carbocycles. The van der Waals surface area contributed by atoms with Crippen molar-refractivity contribution in [3.63, 3.8) is 0 Å². The average molecular weight is 257 g/mol. The molecule has 0 aromatic rings. The fourth-order valence-corrected chi connectivity index (χ4v) is 2.19. The van der Waals surface area contributed by atoms with E-state index in [1.54, 1.807) is 4.90 Å². The first-order valence-corrected chi connectivity index (χ1v) is 6.87. The third kappa shape index (κ3) is 4.92. The summed E-state index contributed by atoms with van der Waals surface area (Å²) in [5.74, 6) is 0.122. The molecule has 0 bridgehead atoms. The van der Waals surface area contributed by atoms with Gasteiger partial charge < -0.3 is 15.3 Å². The second kappa shape index (κ2) is 7.71. The predicted octanol–water partition coefficient (Wildman–Crippen LogP) is -0.100. The van der Waals surface area contributed by atoms with Crippen molar-refractivity contribution in [2.24, 2.45) is 0 Å². The van der Waals surface area contributed by atoms with E-state index in [4.69, 9.17) is 5.11 Å². The number of nitrogens with zero attached hydrogens (tertiary/aromatic N) is 2. The lowest BCUT2D eigenvalue weighted by molar-refractivity contribution is -0.132. The van der Waals surface area contributed by atoms with Gasteiger partial charge >= 0.3 is 0 Å². The SMILES string of the molecule is CC(C)N(C)C(=O)CN(CCO)CC1CCCN1. The van der Waals surface area contributed by atoms with E-state index in [1.807, 2.05) is 25.8 Å². The van der Waals surface area contributed by atoms with Gasteiger partial charge in [0, 0.05) is 32.2 Å². The molecule has 106 valence electrons. The molecule has 5 nitrogen and oxygen atoms in total. The standard InChI is InChI=1S/C13H27N3O2/c1-11(2)15(3)13(18)10-16(7-8-17)9-12-5-4-6-14-12/h11-12,14,17H,4-10H2,1-3H3. The quantitative estimate of drug-likeness (QED) is 0.669. The van der Waals surface area contributed by atoms with Crippen LogP contribution in [-0.4, -0.2) is 72.7 Å². The van der Waals surface area contributed by atoms with Crippen molar-refractivity contribution in [1.82, 2.24) is 15.1 Å². The molecule has 5 heteroatoms. The Hall–Kier alpha value is -0.650. The summed E-state index contributed by atoms with van der Waals surface area (Å²) in [6.07, 6.45) is 2.37. The molecule has 18 heavy (non-hydrogen) atoms. The van der Waals surface area contributed by atoms with Gasteiger partial charge in [0.2, 0.25) is 5.91 Å². The van der Waals surface area contributed by atoms with Gasteiger partial charge in [0.1, 0.15) is 0 Å². The Morgan fingerprint density at radius 3 is 2.72 bits per heavy atom. The van der Waals surface area contributed by atoms with E-state index in [0.29, 0.717) is 19.1 Å². The smallest absolute Gasteiger partial charge is 0.236 e. The summed E-state index contributed by atoms with van der Waals surface area (Å²) in [5, 5.41) is 12.5. The molecular weight excluding hydrogens is 230 g/mol. The third-order valence-corrected chi connectivity index (χ3v) is 3.58. The van der Waals surface area contributed by atoms with E-state index in [0.717, 1.165) is 19.5 Å². The number of nitrogens with one attached hydrogen (secondary N) is 1. The van der Waals surface area contributed by atoms with E-state index in [-0.39, 0.29) is 18.6 Å². The lowest BCUT2D eigenvalue weighted by Crippen LogP contribution is -2.46. The van der Waals surface area contributed by atoms with Crippen LogP contribution in [0.2, 0.25) is 0 Å². The maximum Gasteiger partial charge on any atom is 0.236 e. The first-order valence-electron chi connectivity index (χ1n) is 6.87. The minimum absolute atomic E-state index is 0.103. The minimum Gasteiger partial charge on any atom is -0.395 e. The highest BCUT2D eigenvalue weighted by Crippen LogP contribution is 2.07. The van der Waals surface area contributed by atoms with Crippen molar-refractivity contribution < 1.29 is 9.90 Å². The molecule has 1 rings (SSSR count). The maximum atomic E-state index is 12.0. The van der Waals surface area contributed by atoms with Gasteiger partial charge in [-0.3, -0.25) is 9.69 Å². The molecule has 0 aliphatic carbocycles. The van der Waals surface area contributed by atoms with Crippen molar-refractivity contribution in [2.45, 2.75) is 38.8 Å². The molecular formula is C13H27N3O2. The zero-order chi connectivity index (χ0) is 13.5. The normalized spacial score (nSPS) is 19.8. The summed E-state index contributed by atoms with van der Waals surface area (Å²) in [6, 6.07) is 0.687. The topological polar surface area (TPSA) is 55.8 Å². The van der Waals surface area contributed by atoms with Crippen LogP contribution in [0.1, 0.15) is 26.7 Å².